The normalized spacial score (nSPS) is 12.1. The summed E-state index contributed by atoms with van der Waals surface area (Å²) in [4.78, 5) is 31.6. The smallest absolute Gasteiger partial charge is 0.310 e. The van der Waals surface area contributed by atoms with E-state index >= 15 is 0 Å². The van der Waals surface area contributed by atoms with E-state index in [-0.39, 0.29) is 17.1 Å². The Morgan fingerprint density at radius 2 is 1.59 bits per heavy atom. The van der Waals surface area contributed by atoms with E-state index in [0.29, 0.717) is 37.4 Å². The Morgan fingerprint density at radius 3 is 2.24 bits per heavy atom. The number of aromatic nitrogens is 5. The van der Waals surface area contributed by atoms with Gasteiger partial charge in [0, 0.05) is 44.8 Å². The minimum atomic E-state index is -0.909. The van der Waals surface area contributed by atoms with Crippen LogP contribution in [0.25, 0.3) is 33.3 Å². The molecular weight excluding hydrogens is 635 g/mol. The number of aromatic hydroxyl groups is 1. The van der Waals surface area contributed by atoms with Crippen molar-refractivity contribution in [1.29, 1.82) is 0 Å². The number of aliphatic carboxylic acids is 1. The minimum Gasteiger partial charge on any atom is -0.505 e. The number of hydrogen-bond donors (Lipinski definition) is 2. The first-order valence-electron chi connectivity index (χ1n) is 16.5. The molecule has 3 aromatic carbocycles. The summed E-state index contributed by atoms with van der Waals surface area (Å²) in [6, 6.07) is 21.9. The number of carboxylic acids is 1. The van der Waals surface area contributed by atoms with Crippen LogP contribution >= 0.6 is 11.8 Å². The van der Waals surface area contributed by atoms with E-state index in [1.807, 2.05) is 68.4 Å². The van der Waals surface area contributed by atoms with Crippen LogP contribution in [0.5, 0.6) is 11.5 Å². The number of hydrogen-bond acceptors (Lipinski definition) is 8. The summed E-state index contributed by atoms with van der Waals surface area (Å²) < 4.78 is 8.44. The highest BCUT2D eigenvalue weighted by Gasteiger charge is 2.38. The number of thioether (sulfide) groups is 1. The second kappa shape index (κ2) is 13.9. The van der Waals surface area contributed by atoms with E-state index in [4.69, 9.17) is 9.72 Å². The molecule has 0 amide bonds. The van der Waals surface area contributed by atoms with Gasteiger partial charge in [0.2, 0.25) is 0 Å². The molecule has 0 bridgehead atoms. The van der Waals surface area contributed by atoms with Gasteiger partial charge in [-0.3, -0.25) is 9.78 Å². The van der Waals surface area contributed by atoms with Crippen LogP contribution in [0.4, 0.5) is 0 Å². The molecule has 0 radical (unpaired) electrons. The summed E-state index contributed by atoms with van der Waals surface area (Å²) in [5.74, 6) is 0.471. The van der Waals surface area contributed by atoms with Crippen molar-refractivity contribution in [3.63, 3.8) is 0 Å². The first-order chi connectivity index (χ1) is 23.5. The van der Waals surface area contributed by atoms with Crippen molar-refractivity contribution in [2.45, 2.75) is 76.7 Å². The molecular formula is C39H41N5O4S. The van der Waals surface area contributed by atoms with Crippen LogP contribution in [0.3, 0.4) is 0 Å². The molecule has 0 aliphatic heterocycles. The highest BCUT2D eigenvalue weighted by Crippen LogP contribution is 2.45. The SMILES string of the molecule is CCC(CC)(Cc1c(SC(C)(C)C)c2cc(OCc3cnc4ccccc4n3)ccc2n1Cc1ccc(-c2ncc(O)cn2)cc1)C(=O)O. The highest BCUT2D eigenvalue weighted by atomic mass is 32.2. The van der Waals surface area contributed by atoms with Gasteiger partial charge in [-0.2, -0.15) is 0 Å². The van der Waals surface area contributed by atoms with Crippen molar-refractivity contribution in [2.75, 3.05) is 0 Å². The van der Waals surface area contributed by atoms with Crippen LogP contribution in [0, 0.1) is 5.41 Å². The lowest BCUT2D eigenvalue weighted by Gasteiger charge is -2.29. The van der Waals surface area contributed by atoms with Crippen LogP contribution in [-0.4, -0.2) is 45.4 Å². The van der Waals surface area contributed by atoms with Crippen LogP contribution in [-0.2, 0) is 24.4 Å². The van der Waals surface area contributed by atoms with Crippen molar-refractivity contribution in [2.24, 2.45) is 5.41 Å². The maximum absolute atomic E-state index is 12.8. The maximum atomic E-state index is 12.8. The Morgan fingerprint density at radius 1 is 0.898 bits per heavy atom. The molecule has 0 saturated carbocycles. The van der Waals surface area contributed by atoms with Crippen LogP contribution in [0.15, 0.2) is 90.2 Å². The zero-order chi connectivity index (χ0) is 34.8. The number of para-hydroxylation sites is 2. The number of ether oxygens (including phenoxy) is 1. The third-order valence-corrected chi connectivity index (χ3v) is 10.2. The number of fused-ring (bicyclic) bond motifs is 2. The van der Waals surface area contributed by atoms with E-state index < -0.39 is 11.4 Å². The summed E-state index contributed by atoms with van der Waals surface area (Å²) >= 11 is 1.76. The molecule has 3 heterocycles. The highest BCUT2D eigenvalue weighted by molar-refractivity contribution is 8.00. The van der Waals surface area contributed by atoms with Crippen molar-refractivity contribution in [3.05, 3.63) is 102 Å². The molecule has 10 heteroatoms. The molecule has 6 aromatic rings. The van der Waals surface area contributed by atoms with E-state index in [1.54, 1.807) is 18.0 Å². The van der Waals surface area contributed by atoms with Gasteiger partial charge in [0.05, 0.1) is 40.7 Å². The summed E-state index contributed by atoms with van der Waals surface area (Å²) in [5.41, 5.74) is 5.39. The Balaban J connectivity index is 1.42. The Hall–Kier alpha value is -4.96. The Kier molecular flexibility index (Phi) is 9.61. The van der Waals surface area contributed by atoms with Crippen LogP contribution in [0.2, 0.25) is 0 Å². The van der Waals surface area contributed by atoms with Gasteiger partial charge in [0.15, 0.2) is 11.6 Å². The topological polar surface area (TPSA) is 123 Å². The molecule has 0 fully saturated rings. The van der Waals surface area contributed by atoms with Crippen LogP contribution in [0.1, 0.15) is 64.4 Å². The van der Waals surface area contributed by atoms with Gasteiger partial charge >= 0.3 is 5.97 Å². The molecule has 252 valence electrons. The standard InChI is InChI=1S/C39H41N5O4S/c1-6-39(7-2,37(46)47)19-34-35(49-38(3,4)5)30-18-29(48-24-27-20-40-31-10-8-9-11-32(31)43-27)16-17-33(30)44(34)23-25-12-14-26(15-13-25)36-41-21-28(45)22-42-36/h8-18,20-22,45H,6-7,19,23-24H2,1-5H3,(H,46,47). The lowest BCUT2D eigenvalue weighted by Crippen LogP contribution is -2.33. The number of carbonyl (C=O) groups is 1. The van der Waals surface area contributed by atoms with Gasteiger partial charge in [-0.15, -0.1) is 11.8 Å². The lowest BCUT2D eigenvalue weighted by atomic mass is 9.78. The summed E-state index contributed by atoms with van der Waals surface area (Å²) in [7, 11) is 0. The van der Waals surface area contributed by atoms with E-state index in [0.717, 1.165) is 49.3 Å². The largest absolute Gasteiger partial charge is 0.505 e. The van der Waals surface area contributed by atoms with Gasteiger partial charge in [0.1, 0.15) is 12.4 Å². The van der Waals surface area contributed by atoms with E-state index in [2.05, 4.69) is 52.4 Å². The summed E-state index contributed by atoms with van der Waals surface area (Å²) in [5, 5.41) is 21.2. The number of benzene rings is 3. The van der Waals surface area contributed by atoms with Crippen molar-refractivity contribution in [1.82, 2.24) is 24.5 Å². The molecule has 0 aliphatic rings. The van der Waals surface area contributed by atoms with Gasteiger partial charge in [-0.1, -0.05) is 71.0 Å². The second-order valence-corrected chi connectivity index (χ2v) is 15.2. The number of rotatable bonds is 12. The zero-order valence-corrected chi connectivity index (χ0v) is 29.3. The number of carboxylic acid groups (broad SMARTS) is 1. The molecule has 0 aliphatic carbocycles. The molecule has 0 unspecified atom stereocenters. The van der Waals surface area contributed by atoms with Gasteiger partial charge in [-0.25, -0.2) is 15.0 Å². The molecule has 2 N–H and O–H groups in total. The Labute approximate surface area is 290 Å². The fourth-order valence-electron chi connectivity index (χ4n) is 6.05. The van der Waals surface area contributed by atoms with Crippen molar-refractivity contribution >= 4 is 39.7 Å². The fraction of sp³-hybridized carbons (Fsp3) is 0.308. The van der Waals surface area contributed by atoms with Crippen LogP contribution < -0.4 is 4.74 Å². The molecule has 0 spiro atoms. The monoisotopic (exact) mass is 675 g/mol. The maximum Gasteiger partial charge on any atom is 0.310 e. The van der Waals surface area contributed by atoms with Gasteiger partial charge in [-0.05, 0) is 48.7 Å². The second-order valence-electron chi connectivity index (χ2n) is 13.3. The molecule has 3 aromatic heterocycles. The third kappa shape index (κ3) is 7.39. The molecule has 9 nitrogen and oxygen atoms in total. The molecule has 0 saturated heterocycles. The quantitative estimate of drug-likeness (QED) is 0.123. The molecule has 6 rings (SSSR count). The third-order valence-electron chi connectivity index (χ3n) is 8.89. The summed E-state index contributed by atoms with van der Waals surface area (Å²) in [6.07, 6.45) is 5.94. The molecule has 0 atom stereocenters. The minimum absolute atomic E-state index is 0.0174. The average molecular weight is 676 g/mol. The van der Waals surface area contributed by atoms with E-state index in [9.17, 15) is 15.0 Å². The lowest BCUT2D eigenvalue weighted by molar-refractivity contribution is -0.149. The fourth-order valence-corrected chi connectivity index (χ4v) is 7.24. The zero-order valence-electron chi connectivity index (χ0n) is 28.5. The average Bonchev–Trinajstić information content (AvgIpc) is 3.35. The van der Waals surface area contributed by atoms with Gasteiger partial charge < -0.3 is 19.5 Å². The van der Waals surface area contributed by atoms with Crippen molar-refractivity contribution < 1.29 is 19.7 Å². The van der Waals surface area contributed by atoms with Gasteiger partial charge in [0.25, 0.3) is 0 Å². The predicted octanol–water partition coefficient (Wildman–Crippen LogP) is 8.70. The van der Waals surface area contributed by atoms with E-state index in [1.165, 1.54) is 12.4 Å². The summed E-state index contributed by atoms with van der Waals surface area (Å²) in [6.45, 7) is 11.3. The molecule has 49 heavy (non-hydrogen) atoms. The van der Waals surface area contributed by atoms with Crippen molar-refractivity contribution in [3.8, 4) is 22.9 Å². The predicted molar refractivity (Wildman–Crippen MR) is 194 cm³/mol. The first-order valence-corrected chi connectivity index (χ1v) is 17.3. The first kappa shape index (κ1) is 33.9. The Bertz CT molecular complexity index is 2100. The number of nitrogens with zero attached hydrogens (tertiary/aromatic N) is 5.